The Morgan fingerprint density at radius 1 is 1.32 bits per heavy atom. The topological polar surface area (TPSA) is 49.6 Å². The molecule has 1 saturated heterocycles. The Balaban J connectivity index is 1.37. The van der Waals surface area contributed by atoms with Crippen LogP contribution in [0.2, 0.25) is 0 Å². The first-order valence-electron chi connectivity index (χ1n) is 7.79. The Hall–Kier alpha value is -1.82. The number of nitrogens with zero attached hydrogens (tertiary/aromatic N) is 3. The number of aromatic nitrogens is 1. The van der Waals surface area contributed by atoms with Crippen LogP contribution >= 0.6 is 11.3 Å². The van der Waals surface area contributed by atoms with E-state index < -0.39 is 0 Å². The van der Waals surface area contributed by atoms with Gasteiger partial charge in [0, 0.05) is 49.6 Å². The van der Waals surface area contributed by atoms with E-state index in [0.717, 1.165) is 49.9 Å². The van der Waals surface area contributed by atoms with Crippen molar-refractivity contribution in [2.45, 2.75) is 18.8 Å². The number of thiazole rings is 1. The summed E-state index contributed by atoms with van der Waals surface area (Å²) in [6, 6.07) is 3.87. The van der Waals surface area contributed by atoms with Crippen molar-refractivity contribution in [3.63, 3.8) is 0 Å². The molecule has 1 aliphatic carbocycles. The molecule has 2 aliphatic rings. The first-order chi connectivity index (χ1) is 10.8. The number of amides is 1. The Bertz CT molecular complexity index is 626. The van der Waals surface area contributed by atoms with E-state index in [9.17, 15) is 4.79 Å². The molecular weight excluding hydrogens is 298 g/mol. The summed E-state index contributed by atoms with van der Waals surface area (Å²) >= 11 is 1.66. The molecule has 0 unspecified atom stereocenters. The molecule has 4 rings (SSSR count). The lowest BCUT2D eigenvalue weighted by Crippen LogP contribution is -2.36. The van der Waals surface area contributed by atoms with E-state index >= 15 is 0 Å². The van der Waals surface area contributed by atoms with Gasteiger partial charge in [-0.1, -0.05) is 0 Å². The van der Waals surface area contributed by atoms with Crippen LogP contribution in [0.4, 0.5) is 5.13 Å². The molecule has 1 aliphatic heterocycles. The van der Waals surface area contributed by atoms with Crippen molar-refractivity contribution in [1.82, 2.24) is 9.88 Å². The highest BCUT2D eigenvalue weighted by Gasteiger charge is 2.47. The molecule has 116 valence electrons. The quantitative estimate of drug-likeness (QED) is 0.873. The summed E-state index contributed by atoms with van der Waals surface area (Å²) in [7, 11) is 0. The molecule has 0 radical (unpaired) electrons. The van der Waals surface area contributed by atoms with Crippen LogP contribution in [-0.2, 0) is 4.79 Å². The average molecular weight is 317 g/mol. The molecule has 2 fully saturated rings. The fourth-order valence-electron chi connectivity index (χ4n) is 3.22. The van der Waals surface area contributed by atoms with Gasteiger partial charge < -0.3 is 14.2 Å². The fourth-order valence-corrected chi connectivity index (χ4v) is 3.92. The predicted octanol–water partition coefficient (Wildman–Crippen LogP) is 2.58. The molecule has 2 atom stereocenters. The highest BCUT2D eigenvalue weighted by Crippen LogP contribution is 2.48. The molecule has 1 saturated carbocycles. The lowest BCUT2D eigenvalue weighted by atomic mass is 10.2. The maximum absolute atomic E-state index is 12.7. The highest BCUT2D eigenvalue weighted by atomic mass is 32.1. The molecule has 0 N–H and O–H groups in total. The number of anilines is 1. The van der Waals surface area contributed by atoms with Crippen LogP contribution < -0.4 is 4.90 Å². The van der Waals surface area contributed by atoms with Gasteiger partial charge in [-0.05, 0) is 25.0 Å². The lowest BCUT2D eigenvalue weighted by Gasteiger charge is -2.21. The molecule has 5 nitrogen and oxygen atoms in total. The van der Waals surface area contributed by atoms with Crippen molar-refractivity contribution in [2.75, 3.05) is 31.1 Å². The second kappa shape index (κ2) is 5.76. The van der Waals surface area contributed by atoms with E-state index in [0.29, 0.717) is 11.8 Å². The van der Waals surface area contributed by atoms with Gasteiger partial charge in [0.1, 0.15) is 5.76 Å². The van der Waals surface area contributed by atoms with Crippen LogP contribution in [0.1, 0.15) is 24.5 Å². The Morgan fingerprint density at radius 2 is 2.27 bits per heavy atom. The van der Waals surface area contributed by atoms with Crippen LogP contribution in [0.5, 0.6) is 0 Å². The summed E-state index contributed by atoms with van der Waals surface area (Å²) in [6.45, 7) is 3.49. The first kappa shape index (κ1) is 13.8. The molecule has 2 aromatic rings. The van der Waals surface area contributed by atoms with Crippen molar-refractivity contribution in [3.8, 4) is 0 Å². The van der Waals surface area contributed by atoms with E-state index in [1.54, 1.807) is 17.6 Å². The normalized spacial score (nSPS) is 25.1. The minimum absolute atomic E-state index is 0.123. The van der Waals surface area contributed by atoms with Gasteiger partial charge in [0.25, 0.3) is 0 Å². The summed E-state index contributed by atoms with van der Waals surface area (Å²) in [5, 5.41) is 3.07. The van der Waals surface area contributed by atoms with Crippen LogP contribution in [0.3, 0.4) is 0 Å². The maximum atomic E-state index is 12.7. The molecular formula is C16H19N3O2S. The molecule has 3 heterocycles. The molecule has 6 heteroatoms. The number of furan rings is 1. The Morgan fingerprint density at radius 3 is 3.05 bits per heavy atom. The number of hydrogen-bond acceptors (Lipinski definition) is 5. The summed E-state index contributed by atoms with van der Waals surface area (Å²) in [5.41, 5.74) is 0. The number of carbonyl (C=O) groups is 1. The molecule has 0 aromatic carbocycles. The Kier molecular flexibility index (Phi) is 3.62. The third kappa shape index (κ3) is 2.63. The molecule has 0 bridgehead atoms. The zero-order valence-corrected chi connectivity index (χ0v) is 13.2. The SMILES string of the molecule is O=C([C@@H]1C[C@@H]1c1ccco1)N1CCCN(c2nccs2)CC1. The van der Waals surface area contributed by atoms with Gasteiger partial charge in [-0.15, -0.1) is 11.3 Å². The third-order valence-electron chi connectivity index (χ3n) is 4.51. The van der Waals surface area contributed by atoms with Gasteiger partial charge in [-0.3, -0.25) is 4.79 Å². The van der Waals surface area contributed by atoms with Crippen molar-refractivity contribution in [3.05, 3.63) is 35.7 Å². The van der Waals surface area contributed by atoms with E-state index in [1.165, 1.54) is 0 Å². The Labute approximate surface area is 133 Å². The minimum atomic E-state index is 0.123. The minimum Gasteiger partial charge on any atom is -0.469 e. The number of carbonyl (C=O) groups excluding carboxylic acids is 1. The second-order valence-electron chi connectivity index (χ2n) is 5.94. The van der Waals surface area contributed by atoms with Crippen molar-refractivity contribution >= 4 is 22.4 Å². The summed E-state index contributed by atoms with van der Waals surface area (Å²) in [5.74, 6) is 1.67. The van der Waals surface area contributed by atoms with Crippen LogP contribution in [0, 0.1) is 5.92 Å². The van der Waals surface area contributed by atoms with Gasteiger partial charge in [-0.25, -0.2) is 4.98 Å². The smallest absolute Gasteiger partial charge is 0.226 e. The third-order valence-corrected chi connectivity index (χ3v) is 5.35. The predicted molar refractivity (Wildman–Crippen MR) is 85.1 cm³/mol. The summed E-state index contributed by atoms with van der Waals surface area (Å²) in [4.78, 5) is 21.4. The maximum Gasteiger partial charge on any atom is 0.226 e. The van der Waals surface area contributed by atoms with E-state index in [4.69, 9.17) is 4.42 Å². The van der Waals surface area contributed by atoms with Crippen LogP contribution in [0.25, 0.3) is 0 Å². The van der Waals surface area contributed by atoms with Gasteiger partial charge in [0.2, 0.25) is 5.91 Å². The van der Waals surface area contributed by atoms with Crippen LogP contribution in [-0.4, -0.2) is 42.0 Å². The van der Waals surface area contributed by atoms with Gasteiger partial charge >= 0.3 is 0 Å². The fraction of sp³-hybridized carbons (Fsp3) is 0.500. The van der Waals surface area contributed by atoms with Gasteiger partial charge in [-0.2, -0.15) is 0 Å². The zero-order valence-electron chi connectivity index (χ0n) is 12.4. The van der Waals surface area contributed by atoms with E-state index in [1.807, 2.05) is 28.6 Å². The molecule has 0 spiro atoms. The van der Waals surface area contributed by atoms with Crippen molar-refractivity contribution in [1.29, 1.82) is 0 Å². The second-order valence-corrected chi connectivity index (χ2v) is 6.82. The molecule has 1 amide bonds. The highest BCUT2D eigenvalue weighted by molar-refractivity contribution is 7.13. The monoisotopic (exact) mass is 317 g/mol. The number of hydrogen-bond donors (Lipinski definition) is 0. The van der Waals surface area contributed by atoms with E-state index in [2.05, 4.69) is 9.88 Å². The first-order valence-corrected chi connectivity index (χ1v) is 8.67. The summed E-state index contributed by atoms with van der Waals surface area (Å²) in [6.07, 6.45) is 5.46. The van der Waals surface area contributed by atoms with Gasteiger partial charge in [0.15, 0.2) is 5.13 Å². The van der Waals surface area contributed by atoms with Crippen molar-refractivity contribution < 1.29 is 9.21 Å². The number of rotatable bonds is 3. The van der Waals surface area contributed by atoms with Gasteiger partial charge in [0.05, 0.1) is 6.26 Å². The largest absolute Gasteiger partial charge is 0.469 e. The lowest BCUT2D eigenvalue weighted by molar-refractivity contribution is -0.132. The molecule has 22 heavy (non-hydrogen) atoms. The standard InChI is InChI=1S/C16H19N3O2S/c20-15(13-11-12(13)14-3-1-9-21-14)18-5-2-6-19(8-7-18)16-17-4-10-22-16/h1,3-4,9-10,12-13H,2,5-8,11H2/t12-,13+/m0/s1. The van der Waals surface area contributed by atoms with Crippen molar-refractivity contribution in [2.24, 2.45) is 5.92 Å². The van der Waals surface area contributed by atoms with Crippen LogP contribution in [0.15, 0.2) is 34.4 Å². The average Bonchev–Trinajstić information content (AvgIpc) is 2.94. The molecule has 2 aromatic heterocycles. The summed E-state index contributed by atoms with van der Waals surface area (Å²) < 4.78 is 5.43. The van der Waals surface area contributed by atoms with E-state index in [-0.39, 0.29) is 5.92 Å². The zero-order chi connectivity index (χ0) is 14.9.